The van der Waals surface area contributed by atoms with Gasteiger partial charge in [-0.05, 0) is 30.3 Å². The van der Waals surface area contributed by atoms with Gasteiger partial charge in [-0.2, -0.15) is 0 Å². The number of nitrogens with zero attached hydrogens (tertiary/aromatic N) is 2. The molecular weight excluding hydrogens is 372 g/mol. The molecule has 0 aliphatic carbocycles. The standard InChI is InChI=1S/C18H19N2OS.BrH/c1-14-7-5-6-10-16(14)19-13-18(21,15-8-3-2-4-9-15)20-11-12-22-17(19)20;/h2-10,21H,11-13H2,1H3;1H/q+1;/p-1. The fourth-order valence-corrected chi connectivity index (χ4v) is 4.52. The fourth-order valence-electron chi connectivity index (χ4n) is 3.35. The van der Waals surface area contributed by atoms with E-state index in [0.29, 0.717) is 6.54 Å². The van der Waals surface area contributed by atoms with Crippen LogP contribution in [-0.2, 0) is 5.72 Å². The van der Waals surface area contributed by atoms with Crippen LogP contribution in [0.4, 0.5) is 5.69 Å². The van der Waals surface area contributed by atoms with Crippen molar-refractivity contribution in [2.75, 3.05) is 23.7 Å². The van der Waals surface area contributed by atoms with Crippen LogP contribution in [0.1, 0.15) is 11.1 Å². The van der Waals surface area contributed by atoms with E-state index in [1.807, 2.05) is 42.1 Å². The van der Waals surface area contributed by atoms with E-state index in [-0.39, 0.29) is 17.0 Å². The molecule has 1 atom stereocenters. The number of rotatable bonds is 2. The van der Waals surface area contributed by atoms with Gasteiger partial charge in [0.25, 0.3) is 5.72 Å². The molecule has 0 bridgehead atoms. The highest BCUT2D eigenvalue weighted by Gasteiger charge is 2.54. The molecule has 120 valence electrons. The molecule has 2 aliphatic rings. The van der Waals surface area contributed by atoms with Gasteiger partial charge in [-0.25, -0.2) is 9.48 Å². The van der Waals surface area contributed by atoms with E-state index in [0.717, 1.165) is 17.9 Å². The van der Waals surface area contributed by atoms with Crippen molar-refractivity contribution < 1.29 is 26.7 Å². The van der Waals surface area contributed by atoms with E-state index in [4.69, 9.17) is 0 Å². The Morgan fingerprint density at radius 2 is 1.78 bits per heavy atom. The Labute approximate surface area is 151 Å². The quantitative estimate of drug-likeness (QED) is 0.718. The van der Waals surface area contributed by atoms with E-state index in [1.165, 1.54) is 16.4 Å². The SMILES string of the molecule is Cc1ccccc1N1CC(O)(c2ccccc2)[N+]2=C1SCC2.[Br-]. The van der Waals surface area contributed by atoms with Gasteiger partial charge in [0.2, 0.25) is 0 Å². The Hall–Kier alpha value is -1.30. The third-order valence-corrected chi connectivity index (χ3v) is 5.56. The monoisotopic (exact) mass is 390 g/mol. The third kappa shape index (κ3) is 2.61. The molecule has 0 aromatic heterocycles. The topological polar surface area (TPSA) is 26.5 Å². The van der Waals surface area contributed by atoms with Gasteiger partial charge >= 0.3 is 5.17 Å². The van der Waals surface area contributed by atoms with Crippen LogP contribution < -0.4 is 21.9 Å². The van der Waals surface area contributed by atoms with Gasteiger partial charge in [0.15, 0.2) is 6.54 Å². The number of anilines is 1. The molecule has 0 amide bonds. The number of aryl methyl sites for hydroxylation is 1. The van der Waals surface area contributed by atoms with Gasteiger partial charge in [-0.15, -0.1) is 0 Å². The van der Waals surface area contributed by atoms with Gasteiger partial charge in [-0.1, -0.05) is 48.5 Å². The first-order chi connectivity index (χ1) is 10.7. The summed E-state index contributed by atoms with van der Waals surface area (Å²) < 4.78 is 2.15. The lowest BCUT2D eigenvalue weighted by Crippen LogP contribution is -3.00. The first-order valence-electron chi connectivity index (χ1n) is 7.58. The van der Waals surface area contributed by atoms with Crippen molar-refractivity contribution in [1.82, 2.24) is 0 Å². The molecule has 0 saturated carbocycles. The smallest absolute Gasteiger partial charge is 0.316 e. The van der Waals surface area contributed by atoms with E-state index in [2.05, 4.69) is 40.7 Å². The van der Waals surface area contributed by atoms with Crippen LogP contribution in [0.15, 0.2) is 54.6 Å². The predicted octanol–water partition coefficient (Wildman–Crippen LogP) is -0.220. The normalized spacial score (nSPS) is 23.0. The first kappa shape index (κ1) is 16.6. The van der Waals surface area contributed by atoms with Crippen LogP contribution in [0.25, 0.3) is 0 Å². The maximum atomic E-state index is 11.4. The number of benzene rings is 2. The number of halogens is 1. The number of hydrogen-bond donors (Lipinski definition) is 1. The van der Waals surface area contributed by atoms with Gasteiger partial charge < -0.3 is 22.1 Å². The Balaban J connectivity index is 0.00000156. The number of amidine groups is 1. The summed E-state index contributed by atoms with van der Waals surface area (Å²) in [7, 11) is 0. The summed E-state index contributed by atoms with van der Waals surface area (Å²) >= 11 is 1.83. The van der Waals surface area contributed by atoms with E-state index < -0.39 is 5.72 Å². The molecule has 2 aliphatic heterocycles. The maximum absolute atomic E-state index is 11.4. The van der Waals surface area contributed by atoms with E-state index in [1.54, 1.807) is 0 Å². The molecule has 5 heteroatoms. The molecule has 0 radical (unpaired) electrons. The van der Waals surface area contributed by atoms with Crippen molar-refractivity contribution in [3.63, 3.8) is 0 Å². The van der Waals surface area contributed by atoms with Crippen molar-refractivity contribution in [2.45, 2.75) is 12.6 Å². The van der Waals surface area contributed by atoms with Crippen molar-refractivity contribution in [2.24, 2.45) is 0 Å². The summed E-state index contributed by atoms with van der Waals surface area (Å²) in [6.45, 7) is 3.58. The van der Waals surface area contributed by atoms with E-state index >= 15 is 0 Å². The van der Waals surface area contributed by atoms with Crippen LogP contribution in [0.5, 0.6) is 0 Å². The average Bonchev–Trinajstić information content (AvgIpc) is 3.13. The number of β-amino-alcohol motifs (C(OH)–C–C–N with tert-alkyl or cyclic N) is 1. The fraction of sp³-hybridized carbons (Fsp3) is 0.278. The zero-order chi connectivity index (χ0) is 15.2. The number of aliphatic hydroxyl groups is 1. The van der Waals surface area contributed by atoms with Crippen molar-refractivity contribution >= 4 is 22.6 Å². The van der Waals surface area contributed by atoms with Crippen LogP contribution >= 0.6 is 11.8 Å². The molecular formula is C18H19BrN2OS. The zero-order valence-electron chi connectivity index (χ0n) is 12.9. The summed E-state index contributed by atoms with van der Waals surface area (Å²) in [6, 6.07) is 18.4. The Kier molecular flexibility index (Phi) is 4.54. The predicted molar refractivity (Wildman–Crippen MR) is 91.5 cm³/mol. The summed E-state index contributed by atoms with van der Waals surface area (Å²) in [4.78, 5) is 2.26. The van der Waals surface area contributed by atoms with Crippen LogP contribution in [0, 0.1) is 6.92 Å². The molecule has 2 aromatic rings. The highest BCUT2D eigenvalue weighted by atomic mass is 79.9. The molecule has 4 rings (SSSR count). The van der Waals surface area contributed by atoms with Crippen molar-refractivity contribution in [1.29, 1.82) is 0 Å². The molecule has 3 nitrogen and oxygen atoms in total. The molecule has 1 N–H and O–H groups in total. The van der Waals surface area contributed by atoms with E-state index in [9.17, 15) is 5.11 Å². The number of para-hydroxylation sites is 1. The van der Waals surface area contributed by atoms with Crippen molar-refractivity contribution in [3.05, 3.63) is 65.7 Å². The molecule has 1 unspecified atom stereocenters. The highest BCUT2D eigenvalue weighted by molar-refractivity contribution is 8.14. The molecule has 2 aromatic carbocycles. The first-order valence-corrected chi connectivity index (χ1v) is 8.57. The maximum Gasteiger partial charge on any atom is 0.316 e. The molecule has 0 spiro atoms. The lowest BCUT2D eigenvalue weighted by atomic mass is 10.0. The third-order valence-electron chi connectivity index (χ3n) is 4.48. The van der Waals surface area contributed by atoms with Gasteiger partial charge in [0.05, 0.1) is 6.54 Å². The lowest BCUT2D eigenvalue weighted by molar-refractivity contribution is -0.650. The Morgan fingerprint density at radius 3 is 2.52 bits per heavy atom. The zero-order valence-corrected chi connectivity index (χ0v) is 15.3. The Bertz CT molecular complexity index is 750. The van der Waals surface area contributed by atoms with Crippen molar-refractivity contribution in [3.8, 4) is 0 Å². The highest BCUT2D eigenvalue weighted by Crippen LogP contribution is 2.38. The van der Waals surface area contributed by atoms with Gasteiger partial charge in [0, 0.05) is 11.3 Å². The minimum Gasteiger partial charge on any atom is -1.00 e. The number of hydrogen-bond acceptors (Lipinski definition) is 3. The second kappa shape index (κ2) is 6.30. The Morgan fingerprint density at radius 1 is 1.09 bits per heavy atom. The molecule has 2 heterocycles. The average molecular weight is 391 g/mol. The summed E-state index contributed by atoms with van der Waals surface area (Å²) in [6.07, 6.45) is 0. The lowest BCUT2D eigenvalue weighted by Gasteiger charge is -2.23. The summed E-state index contributed by atoms with van der Waals surface area (Å²) in [5.41, 5.74) is 2.44. The number of thioether (sulfide) groups is 1. The van der Waals surface area contributed by atoms with Gasteiger partial charge in [0.1, 0.15) is 5.69 Å². The van der Waals surface area contributed by atoms with Gasteiger partial charge in [-0.3, -0.25) is 0 Å². The van der Waals surface area contributed by atoms with Crippen LogP contribution in [-0.4, -0.2) is 33.7 Å². The molecule has 0 fully saturated rings. The van der Waals surface area contributed by atoms with Crippen LogP contribution in [0.3, 0.4) is 0 Å². The second-order valence-corrected chi connectivity index (χ2v) is 6.90. The molecule has 23 heavy (non-hydrogen) atoms. The minimum absolute atomic E-state index is 0. The van der Waals surface area contributed by atoms with Crippen LogP contribution in [0.2, 0.25) is 0 Å². The molecule has 0 saturated heterocycles. The largest absolute Gasteiger partial charge is 1.00 e. The summed E-state index contributed by atoms with van der Waals surface area (Å²) in [5, 5.41) is 12.6. The second-order valence-electron chi connectivity index (χ2n) is 5.84. The summed E-state index contributed by atoms with van der Waals surface area (Å²) in [5.74, 6) is 1.02. The minimum atomic E-state index is -0.942.